The summed E-state index contributed by atoms with van der Waals surface area (Å²) in [6.45, 7) is 14.1. The van der Waals surface area contributed by atoms with Crippen molar-refractivity contribution in [3.63, 3.8) is 0 Å². The maximum atomic E-state index is 11.8. The second kappa shape index (κ2) is 12.0. The van der Waals surface area contributed by atoms with E-state index >= 15 is 0 Å². The first kappa shape index (κ1) is 24.4. The number of nitrogens with one attached hydrogen (secondary N) is 3. The standard InChI is InChI=1S/C20H37N5O2S/c1-7-22-20(23-13-8-14-25(16(2)3)17(4)5)24-15-18-9-11-19(12-10-18)28(26,27)21-6/h9-12,16-17,21H,7-8,13-15H2,1-6H3,(H2,22,23,24). The number of nitrogens with zero attached hydrogens (tertiary/aromatic N) is 2. The van der Waals surface area contributed by atoms with E-state index in [0.717, 1.165) is 37.6 Å². The van der Waals surface area contributed by atoms with Crippen LogP contribution in [0.3, 0.4) is 0 Å². The van der Waals surface area contributed by atoms with Crippen molar-refractivity contribution in [3.05, 3.63) is 29.8 Å². The van der Waals surface area contributed by atoms with Crippen LogP contribution in [0.2, 0.25) is 0 Å². The van der Waals surface area contributed by atoms with Gasteiger partial charge in [-0.2, -0.15) is 0 Å². The van der Waals surface area contributed by atoms with Crippen molar-refractivity contribution in [2.24, 2.45) is 4.99 Å². The summed E-state index contributed by atoms with van der Waals surface area (Å²) >= 11 is 0. The molecule has 1 aromatic rings. The minimum absolute atomic E-state index is 0.257. The molecule has 7 nitrogen and oxygen atoms in total. The Hall–Kier alpha value is -1.64. The Morgan fingerprint density at radius 1 is 1.07 bits per heavy atom. The fourth-order valence-corrected chi connectivity index (χ4v) is 3.72. The number of hydrogen-bond donors (Lipinski definition) is 3. The third-order valence-electron chi connectivity index (χ3n) is 4.48. The van der Waals surface area contributed by atoms with Gasteiger partial charge in [0.15, 0.2) is 5.96 Å². The molecule has 28 heavy (non-hydrogen) atoms. The largest absolute Gasteiger partial charge is 0.357 e. The molecule has 0 heterocycles. The highest BCUT2D eigenvalue weighted by molar-refractivity contribution is 7.89. The number of rotatable bonds is 11. The summed E-state index contributed by atoms with van der Waals surface area (Å²) in [6.07, 6.45) is 1.04. The van der Waals surface area contributed by atoms with Gasteiger partial charge in [-0.15, -0.1) is 0 Å². The van der Waals surface area contributed by atoms with Crippen LogP contribution in [-0.2, 0) is 16.6 Å². The smallest absolute Gasteiger partial charge is 0.240 e. The van der Waals surface area contributed by atoms with E-state index in [4.69, 9.17) is 0 Å². The zero-order chi connectivity index (χ0) is 21.2. The Bertz CT molecular complexity index is 692. The van der Waals surface area contributed by atoms with Crippen LogP contribution in [0.1, 0.15) is 46.6 Å². The van der Waals surface area contributed by atoms with E-state index in [9.17, 15) is 8.42 Å². The summed E-state index contributed by atoms with van der Waals surface area (Å²) < 4.78 is 25.9. The molecule has 0 bridgehead atoms. The van der Waals surface area contributed by atoms with Crippen molar-refractivity contribution in [1.29, 1.82) is 0 Å². The lowest BCUT2D eigenvalue weighted by Crippen LogP contribution is -2.41. The average Bonchev–Trinajstić information content (AvgIpc) is 2.65. The maximum Gasteiger partial charge on any atom is 0.240 e. The van der Waals surface area contributed by atoms with Crippen molar-refractivity contribution in [2.45, 2.75) is 64.6 Å². The number of hydrogen-bond acceptors (Lipinski definition) is 4. The minimum atomic E-state index is -3.40. The van der Waals surface area contributed by atoms with Gasteiger partial charge in [0.05, 0.1) is 11.4 Å². The lowest BCUT2D eigenvalue weighted by atomic mass is 10.2. The molecule has 1 aromatic carbocycles. The quantitative estimate of drug-likeness (QED) is 0.295. The van der Waals surface area contributed by atoms with Gasteiger partial charge < -0.3 is 10.6 Å². The van der Waals surface area contributed by atoms with E-state index in [1.807, 2.05) is 6.92 Å². The van der Waals surface area contributed by atoms with Crippen molar-refractivity contribution < 1.29 is 8.42 Å². The Morgan fingerprint density at radius 3 is 2.18 bits per heavy atom. The molecule has 0 saturated heterocycles. The molecular weight excluding hydrogens is 374 g/mol. The highest BCUT2D eigenvalue weighted by Gasteiger charge is 2.12. The van der Waals surface area contributed by atoms with Gasteiger partial charge in [-0.25, -0.2) is 18.1 Å². The number of sulfonamides is 1. The molecule has 0 aliphatic carbocycles. The highest BCUT2D eigenvalue weighted by atomic mass is 32.2. The zero-order valence-electron chi connectivity index (χ0n) is 18.1. The number of benzene rings is 1. The highest BCUT2D eigenvalue weighted by Crippen LogP contribution is 2.11. The Labute approximate surface area is 171 Å². The van der Waals surface area contributed by atoms with Gasteiger partial charge in [0.2, 0.25) is 10.0 Å². The van der Waals surface area contributed by atoms with Crippen LogP contribution in [-0.4, -0.2) is 58.0 Å². The van der Waals surface area contributed by atoms with Gasteiger partial charge in [-0.3, -0.25) is 4.90 Å². The molecule has 8 heteroatoms. The third kappa shape index (κ3) is 8.16. The SMILES string of the molecule is CCNC(=NCc1ccc(S(=O)(=O)NC)cc1)NCCCN(C(C)C)C(C)C. The van der Waals surface area contributed by atoms with Crippen LogP contribution in [0.5, 0.6) is 0 Å². The minimum Gasteiger partial charge on any atom is -0.357 e. The molecule has 160 valence electrons. The van der Waals surface area contributed by atoms with Gasteiger partial charge in [0, 0.05) is 31.7 Å². The summed E-state index contributed by atoms with van der Waals surface area (Å²) in [7, 11) is -2.00. The average molecular weight is 412 g/mol. The third-order valence-corrected chi connectivity index (χ3v) is 5.91. The van der Waals surface area contributed by atoms with Crippen LogP contribution in [0.4, 0.5) is 0 Å². The number of guanidine groups is 1. The normalized spacial score (nSPS) is 12.8. The van der Waals surface area contributed by atoms with Crippen LogP contribution in [0.25, 0.3) is 0 Å². The topological polar surface area (TPSA) is 85.8 Å². The molecular formula is C20H37N5O2S. The molecule has 0 amide bonds. The molecule has 3 N–H and O–H groups in total. The molecule has 1 rings (SSSR count). The lowest BCUT2D eigenvalue weighted by molar-refractivity contribution is 0.173. The zero-order valence-corrected chi connectivity index (χ0v) is 18.9. The first-order valence-corrected chi connectivity index (χ1v) is 11.5. The van der Waals surface area contributed by atoms with E-state index in [1.54, 1.807) is 24.3 Å². The Morgan fingerprint density at radius 2 is 1.68 bits per heavy atom. The molecule has 0 aliphatic heterocycles. The van der Waals surface area contributed by atoms with Gasteiger partial charge in [0.25, 0.3) is 0 Å². The van der Waals surface area contributed by atoms with Crippen molar-refractivity contribution in [2.75, 3.05) is 26.7 Å². The molecule has 0 radical (unpaired) electrons. The summed E-state index contributed by atoms with van der Waals surface area (Å²) in [4.78, 5) is 7.33. The summed E-state index contributed by atoms with van der Waals surface area (Å²) in [6, 6.07) is 7.86. The van der Waals surface area contributed by atoms with E-state index in [-0.39, 0.29) is 4.90 Å². The Kier molecular flexibility index (Phi) is 10.5. The number of aliphatic imine (C=N–C) groups is 1. The van der Waals surface area contributed by atoms with E-state index in [0.29, 0.717) is 18.6 Å². The second-order valence-electron chi connectivity index (χ2n) is 7.25. The van der Waals surface area contributed by atoms with Crippen LogP contribution in [0, 0.1) is 0 Å². The fourth-order valence-electron chi connectivity index (χ4n) is 2.99. The van der Waals surface area contributed by atoms with Crippen molar-refractivity contribution in [1.82, 2.24) is 20.3 Å². The van der Waals surface area contributed by atoms with Crippen LogP contribution < -0.4 is 15.4 Å². The first-order valence-electron chi connectivity index (χ1n) is 10.0. The van der Waals surface area contributed by atoms with E-state index in [1.165, 1.54) is 7.05 Å². The predicted octanol–water partition coefficient (Wildman–Crippen LogP) is 2.16. The molecule has 0 aromatic heterocycles. The molecule has 0 atom stereocenters. The van der Waals surface area contributed by atoms with Crippen LogP contribution >= 0.6 is 0 Å². The van der Waals surface area contributed by atoms with Crippen LogP contribution in [0.15, 0.2) is 34.2 Å². The fraction of sp³-hybridized carbons (Fsp3) is 0.650. The van der Waals surface area contributed by atoms with Crippen molar-refractivity contribution in [3.8, 4) is 0 Å². The van der Waals surface area contributed by atoms with Gasteiger partial charge in [-0.05, 0) is 65.8 Å². The summed E-state index contributed by atoms with van der Waals surface area (Å²) in [5.74, 6) is 0.773. The molecule has 0 fully saturated rings. The molecule has 0 aliphatic rings. The first-order chi connectivity index (χ1) is 13.2. The lowest BCUT2D eigenvalue weighted by Gasteiger charge is -2.30. The Balaban J connectivity index is 2.60. The predicted molar refractivity (Wildman–Crippen MR) is 117 cm³/mol. The van der Waals surface area contributed by atoms with Crippen molar-refractivity contribution >= 4 is 16.0 Å². The summed E-state index contributed by atoms with van der Waals surface area (Å²) in [5, 5.41) is 6.63. The molecule has 0 unspecified atom stereocenters. The summed E-state index contributed by atoms with van der Waals surface area (Å²) in [5.41, 5.74) is 0.957. The van der Waals surface area contributed by atoms with Gasteiger partial charge in [0.1, 0.15) is 0 Å². The second-order valence-corrected chi connectivity index (χ2v) is 9.14. The maximum absolute atomic E-state index is 11.8. The molecule has 0 spiro atoms. The monoisotopic (exact) mass is 411 g/mol. The van der Waals surface area contributed by atoms with E-state index in [2.05, 4.69) is 52.9 Å². The van der Waals surface area contributed by atoms with Gasteiger partial charge >= 0.3 is 0 Å². The van der Waals surface area contributed by atoms with Gasteiger partial charge in [-0.1, -0.05) is 12.1 Å². The van der Waals surface area contributed by atoms with E-state index < -0.39 is 10.0 Å². The molecule has 0 saturated carbocycles.